The molecule has 4 rings (SSSR count). The number of nitrogens with zero attached hydrogens (tertiary/aromatic N) is 1. The van der Waals surface area contributed by atoms with Crippen molar-refractivity contribution in [1.82, 2.24) is 0 Å². The normalized spacial score (nSPS) is 12.9. The maximum atomic E-state index is 13.3. The number of aryl methyl sites for hydroxylation is 1. The number of nitrogens with one attached hydrogen (secondary N) is 1. The van der Waals surface area contributed by atoms with Gasteiger partial charge < -0.3 is 25.5 Å². The Labute approximate surface area is 181 Å². The number of phenols is 3. The summed E-state index contributed by atoms with van der Waals surface area (Å²) in [6.07, 6.45) is 1.47. The first-order chi connectivity index (χ1) is 14.8. The second-order valence-corrected chi connectivity index (χ2v) is 8.14. The zero-order chi connectivity index (χ0) is 22.1. The first-order valence-electron chi connectivity index (χ1n) is 10.4. The molecular weight excluding hydrogens is 392 g/mol. The lowest BCUT2D eigenvalue weighted by molar-refractivity contribution is 0.0988. The second kappa shape index (κ2) is 8.22. The second-order valence-electron chi connectivity index (χ2n) is 8.14. The van der Waals surface area contributed by atoms with E-state index >= 15 is 0 Å². The molecule has 0 radical (unpaired) electrons. The van der Waals surface area contributed by atoms with Gasteiger partial charge in [0.25, 0.3) is 5.91 Å². The Morgan fingerprint density at radius 2 is 1.68 bits per heavy atom. The van der Waals surface area contributed by atoms with Crippen LogP contribution in [0.25, 0.3) is 0 Å². The van der Waals surface area contributed by atoms with Gasteiger partial charge in [0.2, 0.25) is 0 Å². The number of carbonyl (C=O) groups excluding carboxylic acids is 1. The Kier molecular flexibility index (Phi) is 5.46. The van der Waals surface area contributed by atoms with Crippen molar-refractivity contribution in [3.8, 4) is 17.2 Å². The molecule has 0 aliphatic carbocycles. The number of aromatic hydroxyl groups is 3. The molecule has 0 atom stereocenters. The lowest BCUT2D eigenvalue weighted by atomic mass is 10.0. The van der Waals surface area contributed by atoms with Gasteiger partial charge in [0.15, 0.2) is 0 Å². The van der Waals surface area contributed by atoms with Gasteiger partial charge in [-0.25, -0.2) is 0 Å². The third-order valence-electron chi connectivity index (χ3n) is 5.63. The van der Waals surface area contributed by atoms with E-state index in [2.05, 4.69) is 43.4 Å². The molecule has 3 aromatic carbocycles. The SMILES string of the molecule is CC(C)c1ccc(CCCN2C(=O)c3cccc(O)c3Nc3c(O)cc(O)cc32)cc1. The van der Waals surface area contributed by atoms with Crippen LogP contribution in [0.15, 0.2) is 54.6 Å². The van der Waals surface area contributed by atoms with Gasteiger partial charge in [0, 0.05) is 18.7 Å². The molecule has 1 heterocycles. The number of benzene rings is 3. The molecule has 3 aromatic rings. The number of phenolic OH excluding ortho intramolecular Hbond substituents is 3. The number of para-hydroxylation sites is 1. The van der Waals surface area contributed by atoms with E-state index in [0.717, 1.165) is 6.42 Å². The number of amides is 1. The number of carbonyl (C=O) groups is 1. The standard InChI is InChI=1S/C25H26N2O4/c1-15(2)17-10-8-16(9-11-17)5-4-12-27-20-13-18(28)14-22(30)24(20)26-23-19(25(27)31)6-3-7-21(23)29/h3,6-11,13-15,26,28-30H,4-5,12H2,1-2H3. The van der Waals surface area contributed by atoms with Gasteiger partial charge in [0.05, 0.1) is 16.9 Å². The minimum atomic E-state index is -0.308. The smallest absolute Gasteiger partial charge is 0.260 e. The molecule has 0 unspecified atom stereocenters. The van der Waals surface area contributed by atoms with E-state index in [4.69, 9.17) is 0 Å². The quantitative estimate of drug-likeness (QED) is 0.335. The van der Waals surface area contributed by atoms with Gasteiger partial charge in [-0.3, -0.25) is 4.79 Å². The fourth-order valence-electron chi connectivity index (χ4n) is 3.90. The number of hydrogen-bond donors (Lipinski definition) is 4. The molecule has 4 N–H and O–H groups in total. The van der Waals surface area contributed by atoms with Crippen molar-refractivity contribution in [2.45, 2.75) is 32.6 Å². The van der Waals surface area contributed by atoms with Crippen molar-refractivity contribution < 1.29 is 20.1 Å². The van der Waals surface area contributed by atoms with E-state index in [-0.39, 0.29) is 34.5 Å². The molecular formula is C25H26N2O4. The third kappa shape index (κ3) is 4.01. The average Bonchev–Trinajstić information content (AvgIpc) is 2.85. The summed E-state index contributed by atoms with van der Waals surface area (Å²) in [6.45, 7) is 4.70. The number of rotatable bonds is 5. The fraction of sp³-hybridized carbons (Fsp3) is 0.240. The Balaban J connectivity index is 1.63. The van der Waals surface area contributed by atoms with E-state index < -0.39 is 0 Å². The summed E-state index contributed by atoms with van der Waals surface area (Å²) >= 11 is 0. The maximum Gasteiger partial charge on any atom is 0.260 e. The van der Waals surface area contributed by atoms with E-state index in [1.54, 1.807) is 12.1 Å². The molecule has 1 aliphatic rings. The average molecular weight is 418 g/mol. The van der Waals surface area contributed by atoms with E-state index in [1.807, 2.05) is 0 Å². The van der Waals surface area contributed by atoms with Crippen LogP contribution in [-0.4, -0.2) is 27.8 Å². The molecule has 6 nitrogen and oxygen atoms in total. The van der Waals surface area contributed by atoms with Crippen LogP contribution < -0.4 is 10.2 Å². The number of fused-ring (bicyclic) bond motifs is 2. The highest BCUT2D eigenvalue weighted by Gasteiger charge is 2.30. The molecule has 31 heavy (non-hydrogen) atoms. The minimum Gasteiger partial charge on any atom is -0.508 e. The van der Waals surface area contributed by atoms with Gasteiger partial charge in [-0.2, -0.15) is 0 Å². The van der Waals surface area contributed by atoms with Gasteiger partial charge >= 0.3 is 0 Å². The fourth-order valence-corrected chi connectivity index (χ4v) is 3.90. The summed E-state index contributed by atoms with van der Waals surface area (Å²) in [5.41, 5.74) is 3.65. The highest BCUT2D eigenvalue weighted by molar-refractivity contribution is 6.15. The van der Waals surface area contributed by atoms with Crippen LogP contribution in [0.4, 0.5) is 17.1 Å². The molecule has 6 heteroatoms. The van der Waals surface area contributed by atoms with Crippen molar-refractivity contribution in [2.24, 2.45) is 0 Å². The summed E-state index contributed by atoms with van der Waals surface area (Å²) < 4.78 is 0. The molecule has 0 saturated heterocycles. The lowest BCUT2D eigenvalue weighted by Gasteiger charge is -2.23. The molecule has 0 fully saturated rings. The third-order valence-corrected chi connectivity index (χ3v) is 5.63. The summed E-state index contributed by atoms with van der Waals surface area (Å²) in [4.78, 5) is 14.9. The molecule has 160 valence electrons. The largest absolute Gasteiger partial charge is 0.508 e. The Bertz CT molecular complexity index is 1120. The van der Waals surface area contributed by atoms with Crippen LogP contribution in [0.3, 0.4) is 0 Å². The highest BCUT2D eigenvalue weighted by Crippen LogP contribution is 2.45. The number of anilines is 3. The Morgan fingerprint density at radius 3 is 2.39 bits per heavy atom. The monoisotopic (exact) mass is 418 g/mol. The summed E-state index contributed by atoms with van der Waals surface area (Å²) in [5.74, 6) is -0.262. The van der Waals surface area contributed by atoms with E-state index in [1.165, 1.54) is 34.2 Å². The van der Waals surface area contributed by atoms with Gasteiger partial charge in [0.1, 0.15) is 22.9 Å². The van der Waals surface area contributed by atoms with E-state index in [0.29, 0.717) is 30.1 Å². The Morgan fingerprint density at radius 1 is 0.935 bits per heavy atom. The predicted octanol–water partition coefficient (Wildman–Crippen LogP) is 5.26. The first kappa shape index (κ1) is 20.6. The highest BCUT2D eigenvalue weighted by atomic mass is 16.3. The number of hydrogen-bond acceptors (Lipinski definition) is 5. The van der Waals surface area contributed by atoms with Crippen LogP contribution in [-0.2, 0) is 6.42 Å². The van der Waals surface area contributed by atoms with Crippen LogP contribution in [0, 0.1) is 0 Å². The van der Waals surface area contributed by atoms with Crippen LogP contribution in [0.5, 0.6) is 17.2 Å². The summed E-state index contributed by atoms with van der Waals surface area (Å²) in [6, 6.07) is 15.8. The van der Waals surface area contributed by atoms with Crippen molar-refractivity contribution >= 4 is 23.0 Å². The molecule has 0 saturated carbocycles. The van der Waals surface area contributed by atoms with Crippen molar-refractivity contribution in [1.29, 1.82) is 0 Å². The molecule has 1 aliphatic heterocycles. The topological polar surface area (TPSA) is 93.0 Å². The van der Waals surface area contributed by atoms with Gasteiger partial charge in [-0.1, -0.05) is 44.2 Å². The van der Waals surface area contributed by atoms with Crippen molar-refractivity contribution in [2.75, 3.05) is 16.8 Å². The zero-order valence-corrected chi connectivity index (χ0v) is 17.6. The maximum absolute atomic E-state index is 13.3. The minimum absolute atomic E-state index is 0.0867. The lowest BCUT2D eigenvalue weighted by Crippen LogP contribution is -2.31. The zero-order valence-electron chi connectivity index (χ0n) is 17.6. The van der Waals surface area contributed by atoms with Crippen LogP contribution >= 0.6 is 0 Å². The Hall–Kier alpha value is -3.67. The molecule has 0 spiro atoms. The first-order valence-corrected chi connectivity index (χ1v) is 10.4. The van der Waals surface area contributed by atoms with Gasteiger partial charge in [-0.15, -0.1) is 0 Å². The van der Waals surface area contributed by atoms with Gasteiger partial charge in [-0.05, 0) is 42.0 Å². The molecule has 0 bridgehead atoms. The van der Waals surface area contributed by atoms with Crippen LogP contribution in [0.1, 0.15) is 47.7 Å². The molecule has 0 aromatic heterocycles. The summed E-state index contributed by atoms with van der Waals surface area (Å²) in [7, 11) is 0. The summed E-state index contributed by atoms with van der Waals surface area (Å²) in [5, 5.41) is 33.7. The van der Waals surface area contributed by atoms with Crippen molar-refractivity contribution in [3.05, 3.63) is 71.3 Å². The van der Waals surface area contributed by atoms with Crippen molar-refractivity contribution in [3.63, 3.8) is 0 Å². The van der Waals surface area contributed by atoms with E-state index in [9.17, 15) is 20.1 Å². The van der Waals surface area contributed by atoms with Crippen LogP contribution in [0.2, 0.25) is 0 Å². The predicted molar refractivity (Wildman–Crippen MR) is 122 cm³/mol. The molecule has 1 amide bonds.